The summed E-state index contributed by atoms with van der Waals surface area (Å²) in [6.45, 7) is 12.9. The second-order valence-electron chi connectivity index (χ2n) is 11.9. The number of aromatic hydroxyl groups is 2. The number of hydrogen-bond acceptors (Lipinski definition) is 7. The van der Waals surface area contributed by atoms with Gasteiger partial charge in [0, 0.05) is 30.9 Å². The average molecular weight is 527 g/mol. The largest absolute Gasteiger partial charge is 0.494 e. The molecule has 10 heteroatoms. The van der Waals surface area contributed by atoms with Crippen molar-refractivity contribution < 1.29 is 29.4 Å². The van der Waals surface area contributed by atoms with Crippen molar-refractivity contribution in [3.63, 3.8) is 0 Å². The summed E-state index contributed by atoms with van der Waals surface area (Å²) in [7, 11) is -2.04. The van der Waals surface area contributed by atoms with Crippen LogP contribution in [0.25, 0.3) is 16.5 Å². The lowest BCUT2D eigenvalue weighted by atomic mass is 9.76. The number of rotatable bonds is 6. The first kappa shape index (κ1) is 25.7. The van der Waals surface area contributed by atoms with Crippen LogP contribution in [0.4, 0.5) is 5.69 Å². The van der Waals surface area contributed by atoms with Gasteiger partial charge in [0.05, 0.1) is 33.2 Å². The molecular formula is C27H34N2O7Si. The second-order valence-corrected chi connectivity index (χ2v) is 16.7. The smallest absolute Gasteiger partial charge is 0.277 e. The summed E-state index contributed by atoms with van der Waals surface area (Å²) < 4.78 is 14.1. The zero-order valence-electron chi connectivity index (χ0n) is 22.0. The van der Waals surface area contributed by atoms with Crippen LogP contribution < -0.4 is 0 Å². The van der Waals surface area contributed by atoms with Gasteiger partial charge in [-0.25, -0.2) is 0 Å². The quantitative estimate of drug-likeness (QED) is 0.218. The number of ether oxygens (including phenoxy) is 1. The minimum absolute atomic E-state index is 0.0246. The summed E-state index contributed by atoms with van der Waals surface area (Å²) in [5.74, 6) is -0.450. The minimum atomic E-state index is -2.04. The van der Waals surface area contributed by atoms with Gasteiger partial charge in [-0.2, -0.15) is 0 Å². The molecule has 3 aromatic rings. The summed E-state index contributed by atoms with van der Waals surface area (Å²) in [5, 5.41) is 46.6. The number of nitro benzene ring substituents is 1. The van der Waals surface area contributed by atoms with E-state index in [0.717, 1.165) is 0 Å². The highest BCUT2D eigenvalue weighted by atomic mass is 28.4. The van der Waals surface area contributed by atoms with E-state index in [1.165, 1.54) is 16.7 Å². The maximum absolute atomic E-state index is 11.6. The molecule has 0 spiro atoms. The molecule has 2 aromatic carbocycles. The third-order valence-corrected chi connectivity index (χ3v) is 13.3. The van der Waals surface area contributed by atoms with Crippen LogP contribution in [-0.4, -0.2) is 45.8 Å². The highest BCUT2D eigenvalue weighted by Crippen LogP contribution is 2.65. The number of aliphatic hydroxyl groups excluding tert-OH is 1. The van der Waals surface area contributed by atoms with Gasteiger partial charge in [0.25, 0.3) is 5.69 Å². The van der Waals surface area contributed by atoms with E-state index < -0.39 is 30.5 Å². The minimum Gasteiger partial charge on any atom is -0.494 e. The molecule has 0 radical (unpaired) electrons. The number of nitrogens with zero attached hydrogens (tertiary/aromatic N) is 2. The first-order valence-electron chi connectivity index (χ1n) is 12.5. The number of fused-ring (bicyclic) bond motifs is 6. The summed E-state index contributed by atoms with van der Waals surface area (Å²) in [6.07, 6.45) is -0.227. The van der Waals surface area contributed by atoms with Crippen LogP contribution in [0.1, 0.15) is 51.7 Å². The van der Waals surface area contributed by atoms with E-state index >= 15 is 0 Å². The predicted octanol–water partition coefficient (Wildman–Crippen LogP) is 5.57. The molecule has 198 valence electrons. The maximum Gasteiger partial charge on any atom is 0.277 e. The van der Waals surface area contributed by atoms with Gasteiger partial charge in [-0.05, 0) is 37.2 Å². The lowest BCUT2D eigenvalue weighted by Gasteiger charge is -2.37. The third-order valence-electron chi connectivity index (χ3n) is 8.73. The molecule has 9 nitrogen and oxygen atoms in total. The van der Waals surface area contributed by atoms with Crippen molar-refractivity contribution in [1.29, 1.82) is 0 Å². The zero-order chi connectivity index (χ0) is 27.1. The molecule has 1 fully saturated rings. The first-order chi connectivity index (χ1) is 17.1. The Morgan fingerprint density at radius 1 is 1.14 bits per heavy atom. The Kier molecular flexibility index (Phi) is 5.59. The fourth-order valence-corrected chi connectivity index (χ4v) is 6.70. The molecule has 2 aliphatic heterocycles. The lowest BCUT2D eigenvalue weighted by molar-refractivity contribution is -0.383. The third kappa shape index (κ3) is 3.53. The number of hydrogen-bond donors (Lipinski definition) is 3. The standard InChI is InChI=1S/C27H34N2O7Si/c1-25(2,3)37(5,6)35-14-13-27-15-20(30)26(4,36-27)21-22(27)24(32)28(23(21)31)18-11-12-19(29(33)34)17-10-8-7-9-16(17)18/h7-12,20,30-32H,13-15H2,1-6H3/t20-,26-,27+/m0/s1. The number of aliphatic hydroxyl groups is 1. The molecular weight excluding hydrogens is 492 g/mol. The molecule has 0 unspecified atom stereocenters. The van der Waals surface area contributed by atoms with Crippen LogP contribution in [0.2, 0.25) is 18.1 Å². The van der Waals surface area contributed by atoms with Crippen molar-refractivity contribution in [3.05, 3.63) is 57.6 Å². The van der Waals surface area contributed by atoms with Gasteiger partial charge in [0.2, 0.25) is 11.8 Å². The van der Waals surface area contributed by atoms with Crippen molar-refractivity contribution in [2.75, 3.05) is 6.61 Å². The number of aromatic nitrogens is 1. The Morgan fingerprint density at radius 3 is 2.38 bits per heavy atom. The molecule has 0 amide bonds. The number of benzene rings is 2. The molecule has 2 bridgehead atoms. The predicted molar refractivity (Wildman–Crippen MR) is 142 cm³/mol. The summed E-state index contributed by atoms with van der Waals surface area (Å²) in [5.41, 5.74) is -1.12. The van der Waals surface area contributed by atoms with E-state index in [2.05, 4.69) is 33.9 Å². The number of nitro groups is 1. The maximum atomic E-state index is 11.6. The van der Waals surface area contributed by atoms with Crippen molar-refractivity contribution >= 4 is 24.8 Å². The molecule has 2 aliphatic rings. The van der Waals surface area contributed by atoms with Crippen molar-refractivity contribution in [1.82, 2.24) is 4.57 Å². The van der Waals surface area contributed by atoms with Gasteiger partial charge in [-0.3, -0.25) is 14.7 Å². The van der Waals surface area contributed by atoms with E-state index in [9.17, 15) is 25.4 Å². The van der Waals surface area contributed by atoms with Crippen molar-refractivity contribution in [2.24, 2.45) is 0 Å². The van der Waals surface area contributed by atoms with E-state index in [0.29, 0.717) is 40.6 Å². The average Bonchev–Trinajstić information content (AvgIpc) is 3.33. The Bertz CT molecular complexity index is 1430. The van der Waals surface area contributed by atoms with Crippen LogP contribution in [0.3, 0.4) is 0 Å². The first-order valence-corrected chi connectivity index (χ1v) is 15.4. The Balaban J connectivity index is 1.63. The van der Waals surface area contributed by atoms with Crippen LogP contribution >= 0.6 is 0 Å². The molecule has 0 saturated carbocycles. The van der Waals surface area contributed by atoms with Crippen LogP contribution in [0.15, 0.2) is 36.4 Å². The summed E-state index contributed by atoms with van der Waals surface area (Å²) in [4.78, 5) is 11.2. The normalized spacial score (nSPS) is 25.1. The van der Waals surface area contributed by atoms with E-state index in [1.807, 2.05) is 0 Å². The molecule has 1 aromatic heterocycles. The highest BCUT2D eigenvalue weighted by molar-refractivity contribution is 6.74. The van der Waals surface area contributed by atoms with Crippen molar-refractivity contribution in [3.8, 4) is 17.4 Å². The Hall–Kier alpha value is -2.92. The van der Waals surface area contributed by atoms with Crippen molar-refractivity contribution in [2.45, 2.75) is 76.0 Å². The molecule has 3 N–H and O–H groups in total. The van der Waals surface area contributed by atoms with Gasteiger partial charge in [-0.15, -0.1) is 0 Å². The zero-order valence-corrected chi connectivity index (χ0v) is 23.0. The van der Waals surface area contributed by atoms with Gasteiger partial charge < -0.3 is 24.5 Å². The Morgan fingerprint density at radius 2 is 1.76 bits per heavy atom. The molecule has 3 atom stereocenters. The van der Waals surface area contributed by atoms with Crippen LogP contribution in [0.5, 0.6) is 11.8 Å². The monoisotopic (exact) mass is 526 g/mol. The number of non-ortho nitro benzene ring substituents is 1. The van der Waals surface area contributed by atoms with Gasteiger partial charge >= 0.3 is 0 Å². The van der Waals surface area contributed by atoms with Gasteiger partial charge in [-0.1, -0.05) is 39.0 Å². The topological polar surface area (TPSA) is 127 Å². The van der Waals surface area contributed by atoms with Crippen LogP contribution in [0, 0.1) is 10.1 Å². The molecule has 1 saturated heterocycles. The second kappa shape index (κ2) is 8.04. The van der Waals surface area contributed by atoms with Gasteiger partial charge in [0.1, 0.15) is 11.2 Å². The lowest BCUT2D eigenvalue weighted by Crippen LogP contribution is -2.42. The SMILES string of the molecule is CC(C)(C)[Si](C)(C)OCC[C@]12C[C@H](O)[C@](C)(O1)c1c2c(O)n(-c2ccc([N+](=O)[O-])c3ccccc23)c1O. The fourth-order valence-electron chi connectivity index (χ4n) is 5.66. The molecule has 5 rings (SSSR count). The molecule has 37 heavy (non-hydrogen) atoms. The van der Waals surface area contributed by atoms with Gasteiger partial charge in [0.15, 0.2) is 8.32 Å². The van der Waals surface area contributed by atoms with Crippen LogP contribution in [-0.2, 0) is 20.4 Å². The van der Waals surface area contributed by atoms with E-state index in [4.69, 9.17) is 9.16 Å². The Labute approximate surface area is 216 Å². The summed E-state index contributed by atoms with van der Waals surface area (Å²) >= 11 is 0. The highest BCUT2D eigenvalue weighted by Gasteiger charge is 2.66. The molecule has 3 heterocycles. The fraction of sp³-hybridized carbons (Fsp3) is 0.481. The van der Waals surface area contributed by atoms with E-state index in [-0.39, 0.29) is 28.9 Å². The summed E-state index contributed by atoms with van der Waals surface area (Å²) in [6, 6.07) is 9.69. The molecule has 0 aliphatic carbocycles. The van der Waals surface area contributed by atoms with E-state index in [1.54, 1.807) is 31.2 Å².